The van der Waals surface area contributed by atoms with Crippen molar-refractivity contribution in [3.05, 3.63) is 34.5 Å². The second kappa shape index (κ2) is 5.05. The zero-order valence-corrected chi connectivity index (χ0v) is 12.7. The quantitative estimate of drug-likeness (QED) is 0.863. The summed E-state index contributed by atoms with van der Waals surface area (Å²) in [6.07, 6.45) is 4.54. The van der Waals surface area contributed by atoms with Gasteiger partial charge < -0.3 is 4.52 Å². The van der Waals surface area contributed by atoms with Crippen LogP contribution in [0.3, 0.4) is 0 Å². The van der Waals surface area contributed by atoms with E-state index in [9.17, 15) is 0 Å². The fourth-order valence-corrected chi connectivity index (χ4v) is 3.33. The summed E-state index contributed by atoms with van der Waals surface area (Å²) in [6, 6.07) is 0.431. The van der Waals surface area contributed by atoms with E-state index < -0.39 is 0 Å². The van der Waals surface area contributed by atoms with Gasteiger partial charge in [-0.05, 0) is 40.2 Å². The summed E-state index contributed by atoms with van der Waals surface area (Å²) in [5.41, 5.74) is 4.74. The van der Waals surface area contributed by atoms with Crippen LogP contribution in [0.5, 0.6) is 0 Å². The van der Waals surface area contributed by atoms with Crippen molar-refractivity contribution in [2.24, 2.45) is 7.05 Å². The molecule has 2 aromatic heterocycles. The minimum atomic E-state index is 0.431. The molecule has 5 heteroatoms. The molecule has 1 aliphatic rings. The highest BCUT2D eigenvalue weighted by Gasteiger charge is 2.31. The highest BCUT2D eigenvalue weighted by atomic mass is 16.5. The molecular formula is C15H22N4O. The maximum atomic E-state index is 5.34. The molecule has 3 heterocycles. The van der Waals surface area contributed by atoms with Crippen molar-refractivity contribution in [2.45, 2.75) is 46.2 Å². The summed E-state index contributed by atoms with van der Waals surface area (Å²) in [6.45, 7) is 8.21. The predicted octanol–water partition coefficient (Wildman–Crippen LogP) is 2.67. The van der Waals surface area contributed by atoms with Gasteiger partial charge in [-0.3, -0.25) is 9.58 Å². The van der Waals surface area contributed by atoms with Crippen molar-refractivity contribution in [3.8, 4) is 0 Å². The third kappa shape index (κ3) is 2.26. The molecule has 0 N–H and O–H groups in total. The average molecular weight is 274 g/mol. The van der Waals surface area contributed by atoms with Gasteiger partial charge in [0.2, 0.25) is 0 Å². The molecule has 0 saturated carbocycles. The molecule has 1 atom stereocenters. The highest BCUT2D eigenvalue weighted by molar-refractivity contribution is 5.26. The molecule has 1 aliphatic heterocycles. The van der Waals surface area contributed by atoms with Crippen molar-refractivity contribution in [1.82, 2.24) is 19.8 Å². The second-order valence-electron chi connectivity index (χ2n) is 5.78. The van der Waals surface area contributed by atoms with E-state index in [1.807, 2.05) is 25.6 Å². The lowest BCUT2D eigenvalue weighted by Crippen LogP contribution is -2.23. The number of hydrogen-bond acceptors (Lipinski definition) is 4. The lowest BCUT2D eigenvalue weighted by atomic mass is 10.0. The molecular weight excluding hydrogens is 252 g/mol. The monoisotopic (exact) mass is 274 g/mol. The summed E-state index contributed by atoms with van der Waals surface area (Å²) in [5.74, 6) is 0.960. The first-order valence-corrected chi connectivity index (χ1v) is 7.22. The standard InChI is InChI=1S/C15H22N4O/c1-10-13(8-18(4)16-10)9-19-7-5-6-14(19)15-11(2)17-20-12(15)3/h8,14H,5-7,9H2,1-4H3. The highest BCUT2D eigenvalue weighted by Crippen LogP contribution is 2.36. The van der Waals surface area contributed by atoms with Crippen LogP contribution in [0.15, 0.2) is 10.7 Å². The lowest BCUT2D eigenvalue weighted by molar-refractivity contribution is 0.245. The van der Waals surface area contributed by atoms with E-state index >= 15 is 0 Å². The van der Waals surface area contributed by atoms with Crippen LogP contribution in [0.1, 0.15) is 47.2 Å². The van der Waals surface area contributed by atoms with Gasteiger partial charge in [-0.2, -0.15) is 5.10 Å². The number of aromatic nitrogens is 3. The Morgan fingerprint density at radius 2 is 2.10 bits per heavy atom. The third-order valence-electron chi connectivity index (χ3n) is 4.27. The molecule has 0 aromatic carbocycles. The van der Waals surface area contributed by atoms with Crippen LogP contribution in [0.2, 0.25) is 0 Å². The Kier molecular flexibility index (Phi) is 3.38. The number of rotatable bonds is 3. The second-order valence-corrected chi connectivity index (χ2v) is 5.78. The van der Waals surface area contributed by atoms with E-state index in [-0.39, 0.29) is 0 Å². The van der Waals surface area contributed by atoms with Gasteiger partial charge in [-0.25, -0.2) is 0 Å². The van der Waals surface area contributed by atoms with E-state index in [0.29, 0.717) is 6.04 Å². The van der Waals surface area contributed by atoms with Gasteiger partial charge in [0, 0.05) is 37.0 Å². The number of aryl methyl sites for hydroxylation is 4. The SMILES string of the molecule is Cc1nn(C)cc1CN1CCCC1c1c(C)noc1C. The van der Waals surface area contributed by atoms with E-state index in [0.717, 1.165) is 30.2 Å². The minimum absolute atomic E-state index is 0.431. The Balaban J connectivity index is 1.84. The van der Waals surface area contributed by atoms with Gasteiger partial charge in [-0.15, -0.1) is 0 Å². The van der Waals surface area contributed by atoms with Crippen molar-refractivity contribution in [3.63, 3.8) is 0 Å². The summed E-state index contributed by atoms with van der Waals surface area (Å²) >= 11 is 0. The van der Waals surface area contributed by atoms with Gasteiger partial charge >= 0.3 is 0 Å². The van der Waals surface area contributed by atoms with E-state index in [1.54, 1.807) is 0 Å². The summed E-state index contributed by atoms with van der Waals surface area (Å²) in [4.78, 5) is 2.52. The van der Waals surface area contributed by atoms with E-state index in [4.69, 9.17) is 4.52 Å². The molecule has 1 saturated heterocycles. The predicted molar refractivity (Wildman–Crippen MR) is 76.3 cm³/mol. The maximum absolute atomic E-state index is 5.34. The van der Waals surface area contributed by atoms with Crippen LogP contribution in [0.25, 0.3) is 0 Å². The largest absolute Gasteiger partial charge is 0.361 e. The molecule has 0 aliphatic carbocycles. The Morgan fingerprint density at radius 3 is 2.70 bits per heavy atom. The molecule has 3 rings (SSSR count). The summed E-state index contributed by atoms with van der Waals surface area (Å²) in [5, 5.41) is 8.54. The van der Waals surface area contributed by atoms with Crippen molar-refractivity contribution < 1.29 is 4.52 Å². The molecule has 0 radical (unpaired) electrons. The molecule has 108 valence electrons. The topological polar surface area (TPSA) is 47.1 Å². The normalized spacial score (nSPS) is 19.9. The Morgan fingerprint density at radius 1 is 1.30 bits per heavy atom. The zero-order chi connectivity index (χ0) is 14.3. The number of hydrogen-bond donors (Lipinski definition) is 0. The van der Waals surface area contributed by atoms with Gasteiger partial charge in [0.1, 0.15) is 5.76 Å². The van der Waals surface area contributed by atoms with Crippen molar-refractivity contribution in [2.75, 3.05) is 6.54 Å². The molecule has 0 spiro atoms. The first-order chi connectivity index (χ1) is 9.56. The fourth-order valence-electron chi connectivity index (χ4n) is 3.33. The van der Waals surface area contributed by atoms with Gasteiger partial charge in [0.15, 0.2) is 0 Å². The Hall–Kier alpha value is -1.62. The number of likely N-dealkylation sites (tertiary alicyclic amines) is 1. The smallest absolute Gasteiger partial charge is 0.138 e. The first-order valence-electron chi connectivity index (χ1n) is 7.22. The van der Waals surface area contributed by atoms with Crippen molar-refractivity contribution >= 4 is 0 Å². The lowest BCUT2D eigenvalue weighted by Gasteiger charge is -2.24. The molecule has 5 nitrogen and oxygen atoms in total. The molecule has 0 amide bonds. The summed E-state index contributed by atoms with van der Waals surface area (Å²) < 4.78 is 7.24. The Bertz CT molecular complexity index is 594. The Labute approximate surface area is 119 Å². The molecule has 20 heavy (non-hydrogen) atoms. The average Bonchev–Trinajstić information content (AvgIpc) is 3.03. The van der Waals surface area contributed by atoms with Crippen LogP contribution in [-0.4, -0.2) is 26.4 Å². The number of nitrogens with zero attached hydrogens (tertiary/aromatic N) is 4. The van der Waals surface area contributed by atoms with Gasteiger partial charge in [0.05, 0.1) is 11.4 Å². The minimum Gasteiger partial charge on any atom is -0.361 e. The van der Waals surface area contributed by atoms with Crippen molar-refractivity contribution in [1.29, 1.82) is 0 Å². The molecule has 1 fully saturated rings. The zero-order valence-electron chi connectivity index (χ0n) is 12.7. The van der Waals surface area contributed by atoms with Crippen LogP contribution in [0, 0.1) is 20.8 Å². The van der Waals surface area contributed by atoms with E-state index in [1.165, 1.54) is 24.0 Å². The molecule has 2 aromatic rings. The first kappa shape index (κ1) is 13.4. The third-order valence-corrected chi connectivity index (χ3v) is 4.27. The van der Waals surface area contributed by atoms with E-state index in [2.05, 4.69) is 28.3 Å². The molecule has 1 unspecified atom stereocenters. The van der Waals surface area contributed by atoms with Crippen LogP contribution >= 0.6 is 0 Å². The molecule has 0 bridgehead atoms. The summed E-state index contributed by atoms with van der Waals surface area (Å²) in [7, 11) is 1.98. The maximum Gasteiger partial charge on any atom is 0.138 e. The van der Waals surface area contributed by atoms with Crippen LogP contribution < -0.4 is 0 Å². The van der Waals surface area contributed by atoms with Crippen LogP contribution in [-0.2, 0) is 13.6 Å². The van der Waals surface area contributed by atoms with Gasteiger partial charge in [0.25, 0.3) is 0 Å². The van der Waals surface area contributed by atoms with Crippen LogP contribution in [0.4, 0.5) is 0 Å². The fraction of sp³-hybridized carbons (Fsp3) is 0.600. The van der Waals surface area contributed by atoms with Gasteiger partial charge in [-0.1, -0.05) is 5.16 Å².